The number of hydrogen-bond acceptors (Lipinski definition) is 1. The molecule has 0 fully saturated rings. The van der Waals surface area contributed by atoms with Crippen LogP contribution in [0, 0.1) is 11.3 Å². The van der Waals surface area contributed by atoms with E-state index < -0.39 is 0 Å². The second-order valence-corrected chi connectivity index (χ2v) is 9.83. The summed E-state index contributed by atoms with van der Waals surface area (Å²) < 4.78 is 12.1. The first-order valence-corrected chi connectivity index (χ1v) is 11.0. The van der Waals surface area contributed by atoms with Crippen molar-refractivity contribution in [1.82, 2.24) is 0 Å². The highest BCUT2D eigenvalue weighted by atomic mass is 35.5. The lowest BCUT2D eigenvalue weighted by molar-refractivity contribution is 0.464. The van der Waals surface area contributed by atoms with Crippen LogP contribution in [0.4, 0.5) is 0 Å². The zero-order valence-corrected chi connectivity index (χ0v) is 20.0. The van der Waals surface area contributed by atoms with Crippen molar-refractivity contribution in [2.75, 3.05) is 0 Å². The third-order valence-corrected chi connectivity index (χ3v) is 6.52. The molecule has 0 heterocycles. The Hall–Kier alpha value is -0.820. The molecule has 0 aliphatic heterocycles. The van der Waals surface area contributed by atoms with E-state index in [9.17, 15) is 4.57 Å². The van der Waals surface area contributed by atoms with Crippen LogP contribution in [-0.4, -0.2) is 0 Å². The molecular formula is C22H21Cl4OP. The van der Waals surface area contributed by atoms with E-state index in [0.717, 1.165) is 11.1 Å². The lowest BCUT2D eigenvalue weighted by atomic mass is 9.78. The van der Waals surface area contributed by atoms with Gasteiger partial charge in [0.05, 0.1) is 0 Å². The molecule has 1 unspecified atom stereocenters. The van der Waals surface area contributed by atoms with Crippen molar-refractivity contribution in [1.29, 1.82) is 0 Å². The van der Waals surface area contributed by atoms with E-state index in [2.05, 4.69) is 20.8 Å². The Balaban J connectivity index is 2.62. The minimum atomic E-state index is -0.212. The maximum atomic E-state index is 12.1. The van der Waals surface area contributed by atoms with Crippen LogP contribution in [0.25, 0.3) is 12.2 Å². The Morgan fingerprint density at radius 1 is 0.857 bits per heavy atom. The summed E-state index contributed by atoms with van der Waals surface area (Å²) >= 11 is 25.3. The topological polar surface area (TPSA) is 17.1 Å². The first-order valence-electron chi connectivity index (χ1n) is 8.71. The molecule has 0 bridgehead atoms. The molecule has 2 rings (SSSR count). The normalized spacial score (nSPS) is 14.4. The van der Waals surface area contributed by atoms with Crippen molar-refractivity contribution in [3.05, 3.63) is 78.5 Å². The van der Waals surface area contributed by atoms with E-state index in [1.165, 1.54) is 0 Å². The van der Waals surface area contributed by atoms with Crippen LogP contribution >= 0.6 is 54.9 Å². The summed E-state index contributed by atoms with van der Waals surface area (Å²) in [6.07, 6.45) is 3.78. The van der Waals surface area contributed by atoms with Crippen molar-refractivity contribution in [2.24, 2.45) is 11.3 Å². The summed E-state index contributed by atoms with van der Waals surface area (Å²) in [5.74, 6) is -0.154. The van der Waals surface area contributed by atoms with Crippen LogP contribution in [-0.2, 0) is 4.57 Å². The summed E-state index contributed by atoms with van der Waals surface area (Å²) in [6, 6.07) is 10.7. The highest BCUT2D eigenvalue weighted by Crippen LogP contribution is 2.42. The van der Waals surface area contributed by atoms with E-state index >= 15 is 0 Å². The number of hydrogen-bond donors (Lipinski definition) is 0. The third-order valence-electron chi connectivity index (χ3n) is 4.47. The van der Waals surface area contributed by atoms with Gasteiger partial charge in [-0.25, -0.2) is 0 Å². The molecule has 0 saturated carbocycles. The molecule has 28 heavy (non-hydrogen) atoms. The maximum absolute atomic E-state index is 12.1. The molecule has 0 aliphatic rings. The number of halogens is 4. The highest BCUT2D eigenvalue weighted by Gasteiger charge is 2.26. The third kappa shape index (κ3) is 5.62. The zero-order valence-electron chi connectivity index (χ0n) is 16.1. The van der Waals surface area contributed by atoms with Gasteiger partial charge in [0.25, 0.3) is 0 Å². The summed E-state index contributed by atoms with van der Waals surface area (Å²) in [7, 11) is -0.0989. The van der Waals surface area contributed by atoms with Gasteiger partial charge in [-0.15, -0.1) is 0 Å². The van der Waals surface area contributed by atoms with Crippen LogP contribution in [0.5, 0.6) is 0 Å². The molecule has 0 amide bonds. The molecule has 1 nitrogen and oxygen atoms in total. The van der Waals surface area contributed by atoms with Crippen LogP contribution in [0.15, 0.2) is 47.3 Å². The minimum absolute atomic E-state index is 0.0989. The van der Waals surface area contributed by atoms with E-state index in [4.69, 9.17) is 46.4 Å². The van der Waals surface area contributed by atoms with Crippen LogP contribution < -0.4 is 0 Å². The molecule has 0 aliphatic carbocycles. The molecule has 148 valence electrons. The second-order valence-electron chi connectivity index (χ2n) is 7.50. The smallest absolute Gasteiger partial charge is 0.188 e. The molecule has 0 N–H and O–H groups in total. The average Bonchev–Trinajstić information content (AvgIpc) is 2.60. The minimum Gasteiger partial charge on any atom is -0.270 e. The number of rotatable bonds is 5. The SMILES string of the molecule is CC(C(=Cc1c(Cl)cccc1Cl)P=O)C(=Cc1c(Cl)cccc1Cl)C(C)(C)C. The number of benzene rings is 2. The summed E-state index contributed by atoms with van der Waals surface area (Å²) in [5, 5.41) is 2.83. The molecule has 0 aromatic heterocycles. The molecule has 0 radical (unpaired) electrons. The molecule has 2 aromatic rings. The zero-order chi connectivity index (χ0) is 21.1. The molecule has 1 atom stereocenters. The van der Waals surface area contributed by atoms with E-state index in [0.29, 0.717) is 31.0 Å². The Bertz CT molecular complexity index is 902. The fourth-order valence-electron chi connectivity index (χ4n) is 2.98. The predicted molar refractivity (Wildman–Crippen MR) is 125 cm³/mol. The Morgan fingerprint density at radius 2 is 1.25 bits per heavy atom. The largest absolute Gasteiger partial charge is 0.270 e. The Morgan fingerprint density at radius 3 is 1.61 bits per heavy atom. The molecular weight excluding hydrogens is 453 g/mol. The van der Waals surface area contributed by atoms with Gasteiger partial charge in [-0.2, -0.15) is 0 Å². The van der Waals surface area contributed by atoms with Gasteiger partial charge in [-0.1, -0.05) is 97.9 Å². The van der Waals surface area contributed by atoms with Gasteiger partial charge >= 0.3 is 0 Å². The molecule has 0 saturated heterocycles. The maximum Gasteiger partial charge on any atom is 0.188 e. The van der Waals surface area contributed by atoms with E-state index in [1.807, 2.05) is 19.1 Å². The first-order chi connectivity index (χ1) is 13.1. The van der Waals surface area contributed by atoms with Gasteiger partial charge in [0, 0.05) is 42.4 Å². The monoisotopic (exact) mass is 472 g/mol. The van der Waals surface area contributed by atoms with Gasteiger partial charge in [-0.05, 0) is 35.8 Å². The quantitative estimate of drug-likeness (QED) is 0.395. The van der Waals surface area contributed by atoms with Gasteiger partial charge in [0.15, 0.2) is 8.46 Å². The molecule has 6 heteroatoms. The van der Waals surface area contributed by atoms with Gasteiger partial charge < -0.3 is 0 Å². The Kier molecular flexibility index (Phi) is 8.20. The number of allylic oxidation sites excluding steroid dienone is 2. The van der Waals surface area contributed by atoms with Gasteiger partial charge in [0.2, 0.25) is 0 Å². The standard InChI is InChI=1S/C22H21Cl4OP/c1-13(21(28-27)12-15-19(25)9-6-10-20(15)26)16(22(2,3)4)11-14-17(23)7-5-8-18(14)24/h5-13H,1-4H3. The second kappa shape index (κ2) is 9.79. The molecule has 0 spiro atoms. The first kappa shape index (κ1) is 23.5. The predicted octanol–water partition coefficient (Wildman–Crippen LogP) is 9.70. The van der Waals surface area contributed by atoms with E-state index in [1.54, 1.807) is 36.4 Å². The van der Waals surface area contributed by atoms with Gasteiger partial charge in [-0.3, -0.25) is 4.57 Å². The van der Waals surface area contributed by atoms with Crippen LogP contribution in [0.2, 0.25) is 20.1 Å². The van der Waals surface area contributed by atoms with Crippen molar-refractivity contribution in [3.63, 3.8) is 0 Å². The van der Waals surface area contributed by atoms with Crippen LogP contribution in [0.1, 0.15) is 38.8 Å². The van der Waals surface area contributed by atoms with Crippen molar-refractivity contribution >= 4 is 67.0 Å². The summed E-state index contributed by atoms with van der Waals surface area (Å²) in [6.45, 7) is 8.30. The van der Waals surface area contributed by atoms with Gasteiger partial charge in [0.1, 0.15) is 0 Å². The van der Waals surface area contributed by atoms with Crippen LogP contribution in [0.3, 0.4) is 0 Å². The van der Waals surface area contributed by atoms with E-state index in [-0.39, 0.29) is 19.8 Å². The highest BCUT2D eigenvalue weighted by molar-refractivity contribution is 7.29. The summed E-state index contributed by atoms with van der Waals surface area (Å²) in [4.78, 5) is 0. The molecule has 2 aromatic carbocycles. The van der Waals surface area contributed by atoms with Crippen molar-refractivity contribution < 1.29 is 4.57 Å². The fraction of sp³-hybridized carbons (Fsp3) is 0.273. The fourth-order valence-corrected chi connectivity index (χ4v) is 4.47. The summed E-state index contributed by atoms with van der Waals surface area (Å²) in [5.41, 5.74) is 2.23. The van der Waals surface area contributed by atoms with Crippen molar-refractivity contribution in [2.45, 2.75) is 27.7 Å². The average molecular weight is 474 g/mol. The van der Waals surface area contributed by atoms with Crippen molar-refractivity contribution in [3.8, 4) is 0 Å². The lowest BCUT2D eigenvalue weighted by Gasteiger charge is -2.29. The lowest BCUT2D eigenvalue weighted by Crippen LogP contribution is -2.16. The Labute approximate surface area is 188 Å².